The molecule has 2 amide bonds. The summed E-state index contributed by atoms with van der Waals surface area (Å²) in [4.78, 5) is 25.0. The van der Waals surface area contributed by atoms with Crippen molar-refractivity contribution < 1.29 is 22.7 Å². The SMILES string of the molecule is NC(=O)C1(CC(=O)NCC2CCNCC2)C=CC(S(=O)(=O)Nc2ccccc2Oc2ccc(Br)cc2)=CC1. The van der Waals surface area contributed by atoms with Gasteiger partial charge in [0.15, 0.2) is 5.75 Å². The topological polar surface area (TPSA) is 140 Å². The molecule has 1 aliphatic carbocycles. The second-order valence-corrected chi connectivity index (χ2v) is 12.1. The molecule has 38 heavy (non-hydrogen) atoms. The van der Waals surface area contributed by atoms with Gasteiger partial charge in [0.05, 0.1) is 16.0 Å². The van der Waals surface area contributed by atoms with Crippen molar-refractivity contribution in [2.45, 2.75) is 25.7 Å². The molecule has 202 valence electrons. The third-order valence-corrected chi connectivity index (χ3v) is 8.67. The van der Waals surface area contributed by atoms with E-state index in [1.807, 2.05) is 12.1 Å². The summed E-state index contributed by atoms with van der Waals surface area (Å²) in [7, 11) is -4.01. The molecule has 1 saturated heterocycles. The number of rotatable bonds is 10. The summed E-state index contributed by atoms with van der Waals surface area (Å²) in [5.41, 5.74) is 4.64. The summed E-state index contributed by atoms with van der Waals surface area (Å²) in [6.45, 7) is 2.39. The maximum atomic E-state index is 13.2. The number of anilines is 1. The first-order valence-corrected chi connectivity index (χ1v) is 14.7. The van der Waals surface area contributed by atoms with Crippen LogP contribution in [0, 0.1) is 11.3 Å². The van der Waals surface area contributed by atoms with Gasteiger partial charge < -0.3 is 21.1 Å². The number of para-hydroxylation sites is 2. The van der Waals surface area contributed by atoms with Crippen molar-refractivity contribution >= 4 is 43.5 Å². The molecule has 0 bridgehead atoms. The van der Waals surface area contributed by atoms with Gasteiger partial charge in [0.25, 0.3) is 10.0 Å². The van der Waals surface area contributed by atoms with Crippen molar-refractivity contribution in [1.82, 2.24) is 10.6 Å². The zero-order valence-corrected chi connectivity index (χ0v) is 23.2. The van der Waals surface area contributed by atoms with Crippen LogP contribution in [0.5, 0.6) is 11.5 Å². The number of hydrogen-bond donors (Lipinski definition) is 4. The van der Waals surface area contributed by atoms with E-state index in [9.17, 15) is 18.0 Å². The summed E-state index contributed by atoms with van der Waals surface area (Å²) in [5, 5.41) is 6.19. The van der Waals surface area contributed by atoms with Crippen LogP contribution in [0.15, 0.2) is 76.1 Å². The van der Waals surface area contributed by atoms with Crippen molar-refractivity contribution in [1.29, 1.82) is 0 Å². The zero-order valence-electron chi connectivity index (χ0n) is 20.8. The lowest BCUT2D eigenvalue weighted by Gasteiger charge is -2.29. The molecule has 9 nitrogen and oxygen atoms in total. The van der Waals surface area contributed by atoms with Gasteiger partial charge in [0, 0.05) is 17.4 Å². The van der Waals surface area contributed by atoms with Crippen LogP contribution in [0.1, 0.15) is 25.7 Å². The van der Waals surface area contributed by atoms with Gasteiger partial charge in [0.2, 0.25) is 11.8 Å². The lowest BCUT2D eigenvalue weighted by atomic mass is 9.77. The van der Waals surface area contributed by atoms with E-state index in [0.717, 1.165) is 30.4 Å². The minimum atomic E-state index is -4.01. The van der Waals surface area contributed by atoms with E-state index >= 15 is 0 Å². The number of nitrogens with two attached hydrogens (primary N) is 1. The van der Waals surface area contributed by atoms with Crippen molar-refractivity contribution in [3.05, 3.63) is 76.1 Å². The molecule has 1 atom stereocenters. The first-order chi connectivity index (χ1) is 18.2. The predicted octanol–water partition coefficient (Wildman–Crippen LogP) is 3.80. The smallest absolute Gasteiger partial charge is 0.261 e. The minimum Gasteiger partial charge on any atom is -0.455 e. The molecular formula is C27H31BrN4O5S. The molecule has 5 N–H and O–H groups in total. The van der Waals surface area contributed by atoms with Gasteiger partial charge in [-0.05, 0) is 80.7 Å². The molecule has 0 saturated carbocycles. The summed E-state index contributed by atoms with van der Waals surface area (Å²) < 4.78 is 35.7. The molecule has 4 rings (SSSR count). The Morgan fingerprint density at radius 1 is 1.11 bits per heavy atom. The molecule has 1 heterocycles. The number of carbonyl (C=O) groups is 2. The van der Waals surface area contributed by atoms with Crippen LogP contribution in [-0.4, -0.2) is 39.9 Å². The molecule has 1 unspecified atom stereocenters. The van der Waals surface area contributed by atoms with Crippen LogP contribution < -0.4 is 25.8 Å². The number of ether oxygens (including phenoxy) is 1. The maximum absolute atomic E-state index is 13.2. The van der Waals surface area contributed by atoms with Crippen LogP contribution in [-0.2, 0) is 19.6 Å². The van der Waals surface area contributed by atoms with Gasteiger partial charge in [-0.3, -0.25) is 14.3 Å². The Kier molecular flexibility index (Phi) is 8.91. The molecule has 0 radical (unpaired) electrons. The van der Waals surface area contributed by atoms with Gasteiger partial charge in [-0.25, -0.2) is 8.42 Å². The van der Waals surface area contributed by atoms with Crippen molar-refractivity contribution in [2.75, 3.05) is 24.4 Å². The van der Waals surface area contributed by atoms with Crippen LogP contribution in [0.4, 0.5) is 5.69 Å². The number of benzene rings is 2. The predicted molar refractivity (Wildman–Crippen MR) is 150 cm³/mol. The molecule has 2 aromatic carbocycles. The normalized spacial score (nSPS) is 19.9. The number of piperidine rings is 1. The highest BCUT2D eigenvalue weighted by atomic mass is 79.9. The summed E-state index contributed by atoms with van der Waals surface area (Å²) >= 11 is 3.37. The van der Waals surface area contributed by atoms with Crippen molar-refractivity contribution in [3.63, 3.8) is 0 Å². The molecule has 11 heteroatoms. The van der Waals surface area contributed by atoms with Gasteiger partial charge in [-0.15, -0.1) is 0 Å². The third-order valence-electron chi connectivity index (χ3n) is 6.73. The van der Waals surface area contributed by atoms with Crippen LogP contribution in [0.25, 0.3) is 0 Å². The average Bonchev–Trinajstić information content (AvgIpc) is 2.90. The molecule has 0 spiro atoms. The number of nitrogens with one attached hydrogen (secondary N) is 3. The fourth-order valence-electron chi connectivity index (χ4n) is 4.43. The van der Waals surface area contributed by atoms with Gasteiger partial charge in [-0.2, -0.15) is 0 Å². The van der Waals surface area contributed by atoms with Crippen LogP contribution in [0.2, 0.25) is 0 Å². The number of carbonyl (C=O) groups excluding carboxylic acids is 2. The van der Waals surface area contributed by atoms with E-state index in [4.69, 9.17) is 10.5 Å². The summed E-state index contributed by atoms with van der Waals surface area (Å²) in [5.74, 6) is 0.297. The quantitative estimate of drug-likeness (QED) is 0.326. The Labute approximate surface area is 231 Å². The average molecular weight is 604 g/mol. The number of amides is 2. The standard InChI is InChI=1S/C27H31BrN4O5S/c28-20-5-7-21(8-6-20)37-24-4-2-1-3-23(24)32-38(35,36)22-9-13-27(14-10-22,26(29)34)17-25(33)31-18-19-11-15-30-16-12-19/h1-10,13,19,30,32H,11-12,14-18H2,(H2,29,34)(H,31,33). The molecule has 1 fully saturated rings. The summed E-state index contributed by atoms with van der Waals surface area (Å²) in [6, 6.07) is 13.8. The fraction of sp³-hybridized carbons (Fsp3) is 0.333. The maximum Gasteiger partial charge on any atom is 0.261 e. The van der Waals surface area contributed by atoms with Gasteiger partial charge in [-0.1, -0.05) is 40.2 Å². The molecular weight excluding hydrogens is 572 g/mol. The molecule has 2 aliphatic rings. The minimum absolute atomic E-state index is 0.00706. The summed E-state index contributed by atoms with van der Waals surface area (Å²) in [6.07, 6.45) is 5.99. The van der Waals surface area contributed by atoms with E-state index in [0.29, 0.717) is 24.0 Å². The van der Waals surface area contributed by atoms with Crippen LogP contribution >= 0.6 is 15.9 Å². The first-order valence-electron chi connectivity index (χ1n) is 12.4. The second kappa shape index (κ2) is 12.1. The van der Waals surface area contributed by atoms with E-state index in [-0.39, 0.29) is 29.3 Å². The highest BCUT2D eigenvalue weighted by Gasteiger charge is 2.38. The Balaban J connectivity index is 1.42. The monoisotopic (exact) mass is 602 g/mol. The Morgan fingerprint density at radius 2 is 1.82 bits per heavy atom. The first kappa shape index (κ1) is 27.9. The van der Waals surface area contributed by atoms with E-state index in [2.05, 4.69) is 31.3 Å². The lowest BCUT2D eigenvalue weighted by Crippen LogP contribution is -2.42. The fourth-order valence-corrected chi connectivity index (χ4v) is 5.82. The number of primary amides is 1. The Morgan fingerprint density at radius 3 is 2.47 bits per heavy atom. The van der Waals surface area contributed by atoms with E-state index in [1.165, 1.54) is 18.2 Å². The van der Waals surface area contributed by atoms with Gasteiger partial charge in [0.1, 0.15) is 5.75 Å². The molecule has 1 aliphatic heterocycles. The number of allylic oxidation sites excluding steroid dienone is 2. The highest BCUT2D eigenvalue weighted by molar-refractivity contribution is 9.10. The Bertz CT molecular complexity index is 1340. The highest BCUT2D eigenvalue weighted by Crippen LogP contribution is 2.36. The third kappa shape index (κ3) is 7.03. The second-order valence-electron chi connectivity index (χ2n) is 9.50. The molecule has 0 aromatic heterocycles. The number of hydrogen-bond acceptors (Lipinski definition) is 6. The van der Waals surface area contributed by atoms with Crippen LogP contribution in [0.3, 0.4) is 0 Å². The van der Waals surface area contributed by atoms with E-state index in [1.54, 1.807) is 36.4 Å². The van der Waals surface area contributed by atoms with Gasteiger partial charge >= 0.3 is 0 Å². The molecule has 2 aromatic rings. The number of sulfonamides is 1. The largest absolute Gasteiger partial charge is 0.455 e. The lowest BCUT2D eigenvalue weighted by molar-refractivity contribution is -0.131. The van der Waals surface area contributed by atoms with Crippen molar-refractivity contribution in [3.8, 4) is 11.5 Å². The van der Waals surface area contributed by atoms with Crippen molar-refractivity contribution in [2.24, 2.45) is 17.1 Å². The van der Waals surface area contributed by atoms with E-state index < -0.39 is 21.3 Å². The number of halogens is 1. The zero-order chi connectivity index (χ0) is 27.2. The Hall–Kier alpha value is -3.15.